The Bertz CT molecular complexity index is 898. The minimum atomic E-state index is 0.110. The summed E-state index contributed by atoms with van der Waals surface area (Å²) in [6, 6.07) is 20.8. The molecule has 1 heterocycles. The highest BCUT2D eigenvalue weighted by Crippen LogP contribution is 2.34. The van der Waals surface area contributed by atoms with Gasteiger partial charge in [-0.25, -0.2) is 0 Å². The van der Waals surface area contributed by atoms with Gasteiger partial charge in [0.25, 0.3) is 5.91 Å². The van der Waals surface area contributed by atoms with E-state index in [2.05, 4.69) is 35.3 Å². The molecule has 0 unspecified atom stereocenters. The first-order valence-corrected chi connectivity index (χ1v) is 9.39. The SMILES string of the molecule is CN(C(=O)c1ccc2ncccc2c1)C1CCC(c2ccccc2)CC1. The van der Waals surface area contributed by atoms with Gasteiger partial charge in [-0.1, -0.05) is 36.4 Å². The van der Waals surface area contributed by atoms with E-state index in [0.29, 0.717) is 12.0 Å². The maximum absolute atomic E-state index is 12.9. The van der Waals surface area contributed by atoms with Crippen LogP contribution in [0.3, 0.4) is 0 Å². The molecule has 0 bridgehead atoms. The number of nitrogens with zero attached hydrogens (tertiary/aromatic N) is 2. The topological polar surface area (TPSA) is 33.2 Å². The molecule has 0 spiro atoms. The van der Waals surface area contributed by atoms with Gasteiger partial charge in [-0.3, -0.25) is 9.78 Å². The maximum Gasteiger partial charge on any atom is 0.253 e. The summed E-state index contributed by atoms with van der Waals surface area (Å²) in [5.41, 5.74) is 3.11. The van der Waals surface area contributed by atoms with E-state index in [0.717, 1.165) is 42.1 Å². The average molecular weight is 344 g/mol. The molecule has 132 valence electrons. The van der Waals surface area contributed by atoms with Crippen LogP contribution >= 0.6 is 0 Å². The third kappa shape index (κ3) is 3.34. The van der Waals surface area contributed by atoms with Gasteiger partial charge >= 0.3 is 0 Å². The number of benzene rings is 2. The molecule has 1 aliphatic carbocycles. The summed E-state index contributed by atoms with van der Waals surface area (Å²) < 4.78 is 0. The first-order chi connectivity index (χ1) is 12.7. The zero-order valence-electron chi connectivity index (χ0n) is 15.1. The Balaban J connectivity index is 1.44. The minimum absolute atomic E-state index is 0.110. The smallest absolute Gasteiger partial charge is 0.253 e. The maximum atomic E-state index is 12.9. The summed E-state index contributed by atoms with van der Waals surface area (Å²) in [5, 5.41) is 1.01. The number of pyridine rings is 1. The molecule has 0 radical (unpaired) electrons. The Kier molecular flexibility index (Phi) is 4.70. The molecular weight excluding hydrogens is 320 g/mol. The Labute approximate surface area is 154 Å². The highest BCUT2D eigenvalue weighted by atomic mass is 16.2. The Hall–Kier alpha value is -2.68. The standard InChI is InChI=1S/C23H24N2O/c1-25(21-12-9-18(10-13-21)17-6-3-2-4-7-17)23(26)20-11-14-22-19(16-20)8-5-15-24-22/h2-8,11,14-16,18,21H,9-10,12-13H2,1H3. The Morgan fingerprint density at radius 1 is 0.962 bits per heavy atom. The first-order valence-electron chi connectivity index (χ1n) is 9.39. The van der Waals surface area contributed by atoms with Crippen molar-refractivity contribution < 1.29 is 4.79 Å². The van der Waals surface area contributed by atoms with Crippen LogP contribution in [0, 0.1) is 0 Å². The van der Waals surface area contributed by atoms with Crippen LogP contribution in [0.25, 0.3) is 10.9 Å². The predicted octanol–water partition coefficient (Wildman–Crippen LogP) is 5.03. The fourth-order valence-electron chi connectivity index (χ4n) is 4.10. The molecule has 3 nitrogen and oxygen atoms in total. The number of hydrogen-bond acceptors (Lipinski definition) is 2. The van der Waals surface area contributed by atoms with E-state index >= 15 is 0 Å². The molecule has 1 fully saturated rings. The van der Waals surface area contributed by atoms with Crippen molar-refractivity contribution in [1.29, 1.82) is 0 Å². The lowest BCUT2D eigenvalue weighted by Gasteiger charge is -2.35. The van der Waals surface area contributed by atoms with Crippen LogP contribution < -0.4 is 0 Å². The lowest BCUT2D eigenvalue weighted by atomic mass is 9.81. The van der Waals surface area contributed by atoms with E-state index in [9.17, 15) is 4.79 Å². The van der Waals surface area contributed by atoms with E-state index in [1.54, 1.807) is 6.20 Å². The summed E-state index contributed by atoms with van der Waals surface area (Å²) in [6.45, 7) is 0. The van der Waals surface area contributed by atoms with Crippen molar-refractivity contribution in [2.75, 3.05) is 7.05 Å². The number of carbonyl (C=O) groups excluding carboxylic acids is 1. The number of carbonyl (C=O) groups is 1. The third-order valence-corrected chi connectivity index (χ3v) is 5.69. The average Bonchev–Trinajstić information content (AvgIpc) is 2.73. The van der Waals surface area contributed by atoms with Crippen molar-refractivity contribution in [2.24, 2.45) is 0 Å². The largest absolute Gasteiger partial charge is 0.339 e. The van der Waals surface area contributed by atoms with Crippen molar-refractivity contribution in [3.63, 3.8) is 0 Å². The fourth-order valence-corrected chi connectivity index (χ4v) is 4.10. The monoisotopic (exact) mass is 344 g/mol. The first kappa shape index (κ1) is 16.8. The summed E-state index contributed by atoms with van der Waals surface area (Å²) in [5.74, 6) is 0.738. The second-order valence-corrected chi connectivity index (χ2v) is 7.24. The van der Waals surface area contributed by atoms with Gasteiger partial charge in [-0.05, 0) is 61.4 Å². The van der Waals surface area contributed by atoms with Gasteiger partial charge in [0, 0.05) is 30.2 Å². The van der Waals surface area contributed by atoms with E-state index < -0.39 is 0 Å². The number of fused-ring (bicyclic) bond motifs is 1. The molecule has 1 amide bonds. The molecular formula is C23H24N2O. The van der Waals surface area contributed by atoms with Crippen molar-refractivity contribution in [1.82, 2.24) is 9.88 Å². The van der Waals surface area contributed by atoms with E-state index in [-0.39, 0.29) is 5.91 Å². The van der Waals surface area contributed by atoms with Crippen molar-refractivity contribution in [3.8, 4) is 0 Å². The number of rotatable bonds is 3. The zero-order valence-corrected chi connectivity index (χ0v) is 15.1. The Morgan fingerprint density at radius 2 is 1.73 bits per heavy atom. The normalized spacial score (nSPS) is 20.0. The van der Waals surface area contributed by atoms with Gasteiger partial charge in [0.2, 0.25) is 0 Å². The van der Waals surface area contributed by atoms with Crippen LogP contribution in [0.2, 0.25) is 0 Å². The van der Waals surface area contributed by atoms with Crippen molar-refractivity contribution in [2.45, 2.75) is 37.6 Å². The van der Waals surface area contributed by atoms with Crippen LogP contribution in [0.1, 0.15) is 47.5 Å². The molecule has 26 heavy (non-hydrogen) atoms. The molecule has 1 saturated carbocycles. The molecule has 0 saturated heterocycles. The second kappa shape index (κ2) is 7.28. The molecule has 0 atom stereocenters. The molecule has 3 aromatic rings. The summed E-state index contributed by atoms with van der Waals surface area (Å²) >= 11 is 0. The zero-order chi connectivity index (χ0) is 17.9. The molecule has 1 aromatic heterocycles. The summed E-state index contributed by atoms with van der Waals surface area (Å²) in [7, 11) is 1.95. The molecule has 2 aromatic carbocycles. The van der Waals surface area contributed by atoms with Gasteiger partial charge < -0.3 is 4.90 Å². The van der Waals surface area contributed by atoms with Crippen molar-refractivity contribution in [3.05, 3.63) is 78.0 Å². The van der Waals surface area contributed by atoms with Gasteiger partial charge in [-0.2, -0.15) is 0 Å². The third-order valence-electron chi connectivity index (χ3n) is 5.69. The van der Waals surface area contributed by atoms with Crippen LogP contribution in [0.4, 0.5) is 0 Å². The van der Waals surface area contributed by atoms with E-state index in [1.807, 2.05) is 42.3 Å². The van der Waals surface area contributed by atoms with Crippen LogP contribution in [-0.2, 0) is 0 Å². The molecule has 3 heteroatoms. The summed E-state index contributed by atoms with van der Waals surface area (Å²) in [6.07, 6.45) is 6.21. The molecule has 0 N–H and O–H groups in total. The number of amides is 1. The fraction of sp³-hybridized carbons (Fsp3) is 0.304. The quantitative estimate of drug-likeness (QED) is 0.667. The van der Waals surface area contributed by atoms with Gasteiger partial charge in [0.15, 0.2) is 0 Å². The molecule has 1 aliphatic rings. The number of aromatic nitrogens is 1. The number of hydrogen-bond donors (Lipinski definition) is 0. The lowest BCUT2D eigenvalue weighted by molar-refractivity contribution is 0.0689. The van der Waals surface area contributed by atoms with Crippen LogP contribution in [-0.4, -0.2) is 28.9 Å². The summed E-state index contributed by atoms with van der Waals surface area (Å²) in [4.78, 5) is 19.2. The highest BCUT2D eigenvalue weighted by molar-refractivity contribution is 5.97. The van der Waals surface area contributed by atoms with E-state index in [1.165, 1.54) is 5.56 Å². The second-order valence-electron chi connectivity index (χ2n) is 7.24. The van der Waals surface area contributed by atoms with Gasteiger partial charge in [-0.15, -0.1) is 0 Å². The van der Waals surface area contributed by atoms with Gasteiger partial charge in [0.05, 0.1) is 5.52 Å². The van der Waals surface area contributed by atoms with E-state index in [4.69, 9.17) is 0 Å². The van der Waals surface area contributed by atoms with Crippen molar-refractivity contribution >= 4 is 16.8 Å². The lowest BCUT2D eigenvalue weighted by Crippen LogP contribution is -2.39. The molecule has 4 rings (SSSR count). The highest BCUT2D eigenvalue weighted by Gasteiger charge is 2.27. The van der Waals surface area contributed by atoms with Crippen LogP contribution in [0.5, 0.6) is 0 Å². The molecule has 0 aliphatic heterocycles. The van der Waals surface area contributed by atoms with Gasteiger partial charge in [0.1, 0.15) is 0 Å². The minimum Gasteiger partial charge on any atom is -0.339 e. The Morgan fingerprint density at radius 3 is 2.50 bits per heavy atom. The predicted molar refractivity (Wildman–Crippen MR) is 105 cm³/mol. The van der Waals surface area contributed by atoms with Crippen LogP contribution in [0.15, 0.2) is 66.9 Å².